The van der Waals surface area contributed by atoms with Crippen LogP contribution < -0.4 is 0 Å². The summed E-state index contributed by atoms with van der Waals surface area (Å²) in [6, 6.07) is 0. The zero-order valence-corrected chi connectivity index (χ0v) is 16.3. The van der Waals surface area contributed by atoms with Crippen molar-refractivity contribution in [2.75, 3.05) is 20.2 Å². The van der Waals surface area contributed by atoms with Crippen molar-refractivity contribution in [1.82, 2.24) is 4.90 Å². The normalized spacial score (nSPS) is 29.8. The first-order valence-electron chi connectivity index (χ1n) is 9.89. The van der Waals surface area contributed by atoms with Crippen LogP contribution >= 0.6 is 12.4 Å². The van der Waals surface area contributed by atoms with Crippen LogP contribution in [0, 0.1) is 5.92 Å². The van der Waals surface area contributed by atoms with Gasteiger partial charge in [0.15, 0.2) is 0 Å². The van der Waals surface area contributed by atoms with Gasteiger partial charge in [0.1, 0.15) is 0 Å². The Morgan fingerprint density at radius 1 is 0.840 bits per heavy atom. The Morgan fingerprint density at radius 2 is 1.40 bits per heavy atom. The van der Waals surface area contributed by atoms with E-state index < -0.39 is 0 Å². The Labute approximate surface area is 158 Å². The number of ether oxygens (including phenoxy) is 3. The van der Waals surface area contributed by atoms with Gasteiger partial charge in [0.25, 0.3) is 0 Å². The fraction of sp³-hybridized carbons (Fsp3) is 0.947. The van der Waals surface area contributed by atoms with Crippen molar-refractivity contribution in [3.8, 4) is 0 Å². The third-order valence-corrected chi connectivity index (χ3v) is 5.82. The molecule has 1 heterocycles. The molecule has 0 N–H and O–H groups in total. The number of rotatable bonds is 6. The molecule has 1 unspecified atom stereocenters. The second-order valence-corrected chi connectivity index (χ2v) is 7.58. The molecule has 2 saturated carbocycles. The van der Waals surface area contributed by atoms with E-state index in [1.807, 2.05) is 0 Å². The predicted octanol–water partition coefficient (Wildman–Crippen LogP) is 3.89. The van der Waals surface area contributed by atoms with Gasteiger partial charge in [0.2, 0.25) is 6.41 Å². The third-order valence-electron chi connectivity index (χ3n) is 5.82. The van der Waals surface area contributed by atoms with Crippen molar-refractivity contribution in [3.05, 3.63) is 0 Å². The van der Waals surface area contributed by atoms with E-state index in [4.69, 9.17) is 14.2 Å². The summed E-state index contributed by atoms with van der Waals surface area (Å²) >= 11 is 0. The zero-order valence-electron chi connectivity index (χ0n) is 15.5. The van der Waals surface area contributed by atoms with Crippen LogP contribution in [-0.4, -0.2) is 49.7 Å². The van der Waals surface area contributed by atoms with Crippen LogP contribution in [0.3, 0.4) is 0 Å². The summed E-state index contributed by atoms with van der Waals surface area (Å²) in [5, 5.41) is 0. The first-order valence-corrected chi connectivity index (χ1v) is 9.89. The number of methoxy groups -OCH3 is 1. The van der Waals surface area contributed by atoms with Gasteiger partial charge in [-0.25, -0.2) is 0 Å². The fourth-order valence-corrected chi connectivity index (χ4v) is 4.29. The average Bonchev–Trinajstić information content (AvgIpc) is 3.17. The quantitative estimate of drug-likeness (QED) is 0.520. The Bertz CT molecular complexity index is 389. The van der Waals surface area contributed by atoms with Gasteiger partial charge in [-0.2, -0.15) is 0 Å². The van der Waals surface area contributed by atoms with Crippen LogP contribution in [0.5, 0.6) is 0 Å². The molecule has 3 rings (SSSR count). The summed E-state index contributed by atoms with van der Waals surface area (Å²) in [7, 11) is 1.48. The van der Waals surface area contributed by atoms with Gasteiger partial charge in [-0.1, -0.05) is 19.3 Å². The Kier molecular flexibility index (Phi) is 8.97. The highest BCUT2D eigenvalue weighted by atomic mass is 35.5. The van der Waals surface area contributed by atoms with E-state index in [2.05, 4.69) is 4.90 Å². The van der Waals surface area contributed by atoms with Crippen LogP contribution in [0.4, 0.5) is 0 Å². The fourth-order valence-electron chi connectivity index (χ4n) is 4.29. The van der Waals surface area contributed by atoms with Crippen molar-refractivity contribution in [2.45, 2.75) is 89.3 Å². The van der Waals surface area contributed by atoms with Gasteiger partial charge in [-0.3, -0.25) is 9.69 Å². The van der Waals surface area contributed by atoms with Crippen molar-refractivity contribution < 1.29 is 19.0 Å². The molecule has 0 amide bonds. The Hall–Kier alpha value is -0.360. The molecular weight excluding hydrogens is 342 g/mol. The minimum atomic E-state index is -0.185. The summed E-state index contributed by atoms with van der Waals surface area (Å²) in [5.41, 5.74) is 0. The molecule has 25 heavy (non-hydrogen) atoms. The minimum absolute atomic E-state index is 0. The van der Waals surface area contributed by atoms with E-state index >= 15 is 0 Å². The molecule has 2 aliphatic carbocycles. The highest BCUT2D eigenvalue weighted by Gasteiger charge is 2.33. The number of hydrogen-bond acceptors (Lipinski definition) is 5. The molecule has 0 aromatic rings. The second kappa shape index (κ2) is 10.7. The monoisotopic (exact) mass is 375 g/mol. The average molecular weight is 376 g/mol. The molecule has 0 spiro atoms. The van der Waals surface area contributed by atoms with Crippen LogP contribution in [0.2, 0.25) is 0 Å². The molecule has 1 aliphatic heterocycles. The lowest BCUT2D eigenvalue weighted by Crippen LogP contribution is -2.43. The van der Waals surface area contributed by atoms with E-state index in [-0.39, 0.29) is 36.8 Å². The lowest BCUT2D eigenvalue weighted by Gasteiger charge is -2.36. The van der Waals surface area contributed by atoms with Crippen LogP contribution in [0.1, 0.15) is 70.6 Å². The smallest absolute Gasteiger partial charge is 0.308 e. The number of esters is 1. The summed E-state index contributed by atoms with van der Waals surface area (Å²) < 4.78 is 17.7. The maximum absolute atomic E-state index is 11.7. The molecule has 0 aromatic heterocycles. The molecule has 1 atom stereocenters. The number of nitrogens with zero attached hydrogens (tertiary/aromatic N) is 1. The molecule has 1 saturated heterocycles. The van der Waals surface area contributed by atoms with Gasteiger partial charge < -0.3 is 14.2 Å². The number of likely N-dealkylation sites (tertiary alicyclic amines) is 1. The Morgan fingerprint density at radius 3 is 1.96 bits per heavy atom. The highest BCUT2D eigenvalue weighted by Crippen LogP contribution is 2.30. The standard InChI is InChI=1S/C19H33NO4.ClH/c1-22-18(21)15-9-11-17(12-10-15)24-19(20-13-5-6-14-20)23-16-7-3-2-4-8-16;/h15-17,19H,2-14H2,1H3;1H. The summed E-state index contributed by atoms with van der Waals surface area (Å²) in [6.45, 7) is 2.16. The van der Waals surface area contributed by atoms with Crippen molar-refractivity contribution >= 4 is 18.4 Å². The van der Waals surface area contributed by atoms with Crippen LogP contribution in [0.25, 0.3) is 0 Å². The molecule has 0 radical (unpaired) electrons. The molecule has 3 aliphatic rings. The van der Waals surface area contributed by atoms with E-state index in [9.17, 15) is 4.79 Å². The molecule has 6 heteroatoms. The van der Waals surface area contributed by atoms with Crippen LogP contribution in [0.15, 0.2) is 0 Å². The maximum Gasteiger partial charge on any atom is 0.308 e. The predicted molar refractivity (Wildman–Crippen MR) is 98.6 cm³/mol. The van der Waals surface area contributed by atoms with Gasteiger partial charge in [0.05, 0.1) is 25.2 Å². The maximum atomic E-state index is 11.7. The highest BCUT2D eigenvalue weighted by molar-refractivity contribution is 5.85. The van der Waals surface area contributed by atoms with Gasteiger partial charge >= 0.3 is 5.97 Å². The lowest BCUT2D eigenvalue weighted by molar-refractivity contribution is -0.266. The zero-order chi connectivity index (χ0) is 16.8. The summed E-state index contributed by atoms with van der Waals surface area (Å²) in [5.74, 6) is -0.0117. The number of halogens is 1. The van der Waals surface area contributed by atoms with Crippen LogP contribution in [-0.2, 0) is 19.0 Å². The molecule has 146 valence electrons. The van der Waals surface area contributed by atoms with E-state index in [1.54, 1.807) is 0 Å². The largest absolute Gasteiger partial charge is 0.469 e. The minimum Gasteiger partial charge on any atom is -0.469 e. The number of carbonyl (C=O) groups excluding carboxylic acids is 1. The van der Waals surface area contributed by atoms with Gasteiger partial charge in [-0.05, 0) is 51.4 Å². The first-order chi connectivity index (χ1) is 11.8. The molecule has 0 aromatic carbocycles. The summed E-state index contributed by atoms with van der Waals surface area (Å²) in [4.78, 5) is 14.0. The van der Waals surface area contributed by atoms with Crippen molar-refractivity contribution in [3.63, 3.8) is 0 Å². The molecule has 3 fully saturated rings. The number of carbonyl (C=O) groups is 1. The molecule has 0 bridgehead atoms. The topological polar surface area (TPSA) is 48.0 Å². The van der Waals surface area contributed by atoms with Gasteiger partial charge in [0, 0.05) is 13.1 Å². The van der Waals surface area contributed by atoms with Gasteiger partial charge in [-0.15, -0.1) is 12.4 Å². The van der Waals surface area contributed by atoms with E-state index in [1.165, 1.54) is 52.1 Å². The first kappa shape index (κ1) is 20.9. The van der Waals surface area contributed by atoms with E-state index in [0.29, 0.717) is 6.10 Å². The Balaban J connectivity index is 0.00000225. The molecule has 5 nitrogen and oxygen atoms in total. The van der Waals surface area contributed by atoms with Crippen molar-refractivity contribution in [2.24, 2.45) is 5.92 Å². The third kappa shape index (κ3) is 6.09. The second-order valence-electron chi connectivity index (χ2n) is 7.58. The SMILES string of the molecule is COC(=O)C1CCC(OC(OC2CCCCC2)N2CCCC2)CC1.Cl. The van der Waals surface area contributed by atoms with Crippen molar-refractivity contribution in [1.29, 1.82) is 0 Å². The lowest BCUT2D eigenvalue weighted by atomic mass is 9.87. The molecular formula is C19H34ClNO4. The van der Waals surface area contributed by atoms with E-state index in [0.717, 1.165) is 38.8 Å². The number of hydrogen-bond donors (Lipinski definition) is 0. The summed E-state index contributed by atoms with van der Waals surface area (Å²) in [6.07, 6.45) is 12.7.